The summed E-state index contributed by atoms with van der Waals surface area (Å²) in [6.07, 6.45) is 0. The molecule has 0 bridgehead atoms. The normalized spacial score (nSPS) is 22.3. The zero-order valence-electron chi connectivity index (χ0n) is 10.6. The second-order valence-corrected chi connectivity index (χ2v) is 5.29. The summed E-state index contributed by atoms with van der Waals surface area (Å²) in [7, 11) is 2.09. The SMILES string of the molecule is CN1CCN(Cc2ccc(Cl)cc2F)C(CN)C1. The van der Waals surface area contributed by atoms with Gasteiger partial charge in [-0.3, -0.25) is 4.90 Å². The fourth-order valence-electron chi connectivity index (χ4n) is 2.35. The second-order valence-electron chi connectivity index (χ2n) is 4.86. The van der Waals surface area contributed by atoms with Gasteiger partial charge < -0.3 is 10.6 Å². The molecule has 0 aromatic heterocycles. The van der Waals surface area contributed by atoms with Crippen LogP contribution in [-0.2, 0) is 6.54 Å². The number of nitrogens with two attached hydrogens (primary N) is 1. The van der Waals surface area contributed by atoms with Crippen LogP contribution in [-0.4, -0.2) is 49.1 Å². The predicted octanol–water partition coefficient (Wildman–Crippen LogP) is 1.55. The molecular weight excluding hydrogens is 253 g/mol. The molecule has 1 aromatic rings. The van der Waals surface area contributed by atoms with Crippen molar-refractivity contribution < 1.29 is 4.39 Å². The van der Waals surface area contributed by atoms with Crippen LogP contribution < -0.4 is 5.73 Å². The topological polar surface area (TPSA) is 32.5 Å². The first-order valence-electron chi connectivity index (χ1n) is 6.16. The maximum absolute atomic E-state index is 13.8. The van der Waals surface area contributed by atoms with E-state index in [1.807, 2.05) is 0 Å². The van der Waals surface area contributed by atoms with Gasteiger partial charge in [0.1, 0.15) is 5.82 Å². The number of hydrogen-bond acceptors (Lipinski definition) is 3. The van der Waals surface area contributed by atoms with E-state index in [9.17, 15) is 4.39 Å². The molecule has 1 aromatic carbocycles. The molecule has 0 aliphatic carbocycles. The fourth-order valence-corrected chi connectivity index (χ4v) is 2.51. The lowest BCUT2D eigenvalue weighted by Crippen LogP contribution is -2.54. The van der Waals surface area contributed by atoms with Gasteiger partial charge in [0.25, 0.3) is 0 Å². The Kier molecular flexibility index (Phi) is 4.56. The molecule has 2 rings (SSSR count). The first-order valence-corrected chi connectivity index (χ1v) is 6.54. The van der Waals surface area contributed by atoms with E-state index in [1.54, 1.807) is 12.1 Å². The minimum atomic E-state index is -0.239. The largest absolute Gasteiger partial charge is 0.329 e. The van der Waals surface area contributed by atoms with E-state index in [1.165, 1.54) is 6.07 Å². The molecule has 0 radical (unpaired) electrons. The molecule has 100 valence electrons. The quantitative estimate of drug-likeness (QED) is 0.906. The van der Waals surface area contributed by atoms with Crippen molar-refractivity contribution in [3.8, 4) is 0 Å². The van der Waals surface area contributed by atoms with Crippen molar-refractivity contribution in [2.24, 2.45) is 5.73 Å². The van der Waals surface area contributed by atoms with Gasteiger partial charge in [-0.25, -0.2) is 4.39 Å². The average molecular weight is 272 g/mol. The van der Waals surface area contributed by atoms with Gasteiger partial charge in [-0.05, 0) is 19.2 Å². The number of likely N-dealkylation sites (N-methyl/N-ethyl adjacent to an activating group) is 1. The van der Waals surface area contributed by atoms with Crippen molar-refractivity contribution in [1.82, 2.24) is 9.80 Å². The molecule has 1 fully saturated rings. The van der Waals surface area contributed by atoms with E-state index in [0.29, 0.717) is 29.7 Å². The van der Waals surface area contributed by atoms with Crippen LogP contribution in [0.1, 0.15) is 5.56 Å². The Morgan fingerprint density at radius 1 is 1.44 bits per heavy atom. The zero-order chi connectivity index (χ0) is 13.1. The third-order valence-electron chi connectivity index (χ3n) is 3.47. The van der Waals surface area contributed by atoms with Gasteiger partial charge >= 0.3 is 0 Å². The molecule has 18 heavy (non-hydrogen) atoms. The summed E-state index contributed by atoms with van der Waals surface area (Å²) < 4.78 is 13.8. The summed E-state index contributed by atoms with van der Waals surface area (Å²) in [6.45, 7) is 4.04. The van der Waals surface area contributed by atoms with Gasteiger partial charge in [-0.15, -0.1) is 0 Å². The van der Waals surface area contributed by atoms with Crippen LogP contribution in [0.3, 0.4) is 0 Å². The number of rotatable bonds is 3. The molecule has 0 spiro atoms. The zero-order valence-corrected chi connectivity index (χ0v) is 11.3. The highest BCUT2D eigenvalue weighted by Gasteiger charge is 2.24. The lowest BCUT2D eigenvalue weighted by Gasteiger charge is -2.39. The number of benzene rings is 1. The third-order valence-corrected chi connectivity index (χ3v) is 3.70. The Balaban J connectivity index is 2.07. The summed E-state index contributed by atoms with van der Waals surface area (Å²) in [5.74, 6) is -0.239. The van der Waals surface area contributed by atoms with Crippen LogP contribution in [0.2, 0.25) is 5.02 Å². The van der Waals surface area contributed by atoms with E-state index >= 15 is 0 Å². The van der Waals surface area contributed by atoms with Crippen LogP contribution in [0, 0.1) is 5.82 Å². The Bertz CT molecular complexity index is 413. The molecule has 1 heterocycles. The Hall–Kier alpha value is -0.680. The number of hydrogen-bond donors (Lipinski definition) is 1. The summed E-state index contributed by atoms with van der Waals surface area (Å²) in [5, 5.41) is 0.435. The van der Waals surface area contributed by atoms with Crippen molar-refractivity contribution in [2.75, 3.05) is 33.2 Å². The highest BCUT2D eigenvalue weighted by Crippen LogP contribution is 2.18. The minimum Gasteiger partial charge on any atom is -0.329 e. The maximum Gasteiger partial charge on any atom is 0.129 e. The first-order chi connectivity index (χ1) is 8.60. The molecule has 1 saturated heterocycles. The lowest BCUT2D eigenvalue weighted by molar-refractivity contribution is 0.0871. The molecule has 5 heteroatoms. The predicted molar refractivity (Wildman–Crippen MR) is 72.2 cm³/mol. The summed E-state index contributed by atoms with van der Waals surface area (Å²) >= 11 is 5.75. The standard InChI is InChI=1S/C13H19ClFN3/c1-17-4-5-18(12(7-16)9-17)8-10-2-3-11(14)6-13(10)15/h2-3,6,12H,4-5,7-9,16H2,1H3. The van der Waals surface area contributed by atoms with E-state index in [4.69, 9.17) is 17.3 Å². The maximum atomic E-state index is 13.8. The second kappa shape index (κ2) is 5.97. The van der Waals surface area contributed by atoms with Crippen LogP contribution in [0.25, 0.3) is 0 Å². The van der Waals surface area contributed by atoms with Crippen molar-refractivity contribution in [1.29, 1.82) is 0 Å². The monoisotopic (exact) mass is 271 g/mol. The highest BCUT2D eigenvalue weighted by atomic mass is 35.5. The molecule has 3 nitrogen and oxygen atoms in total. The molecular formula is C13H19ClFN3. The van der Waals surface area contributed by atoms with Crippen molar-refractivity contribution in [3.05, 3.63) is 34.6 Å². The van der Waals surface area contributed by atoms with E-state index in [2.05, 4.69) is 16.8 Å². The smallest absolute Gasteiger partial charge is 0.129 e. The van der Waals surface area contributed by atoms with Crippen molar-refractivity contribution >= 4 is 11.6 Å². The average Bonchev–Trinajstić information content (AvgIpc) is 2.34. The van der Waals surface area contributed by atoms with Gasteiger partial charge in [-0.2, -0.15) is 0 Å². The van der Waals surface area contributed by atoms with Crippen molar-refractivity contribution in [3.63, 3.8) is 0 Å². The lowest BCUT2D eigenvalue weighted by atomic mass is 10.1. The summed E-state index contributed by atoms with van der Waals surface area (Å²) in [6, 6.07) is 5.14. The fraction of sp³-hybridized carbons (Fsp3) is 0.538. The molecule has 1 unspecified atom stereocenters. The molecule has 1 aliphatic heterocycles. The molecule has 2 N–H and O–H groups in total. The Morgan fingerprint density at radius 3 is 2.89 bits per heavy atom. The van der Waals surface area contributed by atoms with Gasteiger partial charge in [0.2, 0.25) is 0 Å². The molecule has 1 atom stereocenters. The minimum absolute atomic E-state index is 0.239. The first kappa shape index (κ1) is 13.7. The van der Waals surface area contributed by atoms with Gasteiger partial charge in [0, 0.05) is 49.4 Å². The number of nitrogens with zero attached hydrogens (tertiary/aromatic N) is 2. The van der Waals surface area contributed by atoms with Crippen molar-refractivity contribution in [2.45, 2.75) is 12.6 Å². The van der Waals surface area contributed by atoms with Gasteiger partial charge in [0.15, 0.2) is 0 Å². The van der Waals surface area contributed by atoms with Gasteiger partial charge in [0.05, 0.1) is 0 Å². The number of piperazine rings is 1. The van der Waals surface area contributed by atoms with E-state index < -0.39 is 0 Å². The molecule has 1 aliphatic rings. The Labute approximate surface area is 112 Å². The third kappa shape index (κ3) is 3.20. The van der Waals surface area contributed by atoms with Gasteiger partial charge in [-0.1, -0.05) is 17.7 Å². The summed E-state index contributed by atoms with van der Waals surface area (Å²) in [4.78, 5) is 4.50. The summed E-state index contributed by atoms with van der Waals surface area (Å²) in [5.41, 5.74) is 6.47. The highest BCUT2D eigenvalue weighted by molar-refractivity contribution is 6.30. The van der Waals surface area contributed by atoms with Crippen LogP contribution in [0.4, 0.5) is 4.39 Å². The molecule has 0 saturated carbocycles. The van der Waals surface area contributed by atoms with Crippen LogP contribution in [0.15, 0.2) is 18.2 Å². The number of halogens is 2. The Morgan fingerprint density at radius 2 is 2.22 bits per heavy atom. The van der Waals surface area contributed by atoms with Crippen LogP contribution >= 0.6 is 11.6 Å². The van der Waals surface area contributed by atoms with E-state index in [-0.39, 0.29) is 5.82 Å². The molecule has 0 amide bonds. The van der Waals surface area contributed by atoms with E-state index in [0.717, 1.165) is 19.6 Å². The van der Waals surface area contributed by atoms with Crippen LogP contribution in [0.5, 0.6) is 0 Å².